The van der Waals surface area contributed by atoms with E-state index in [9.17, 15) is 4.79 Å². The molecule has 0 saturated carbocycles. The third-order valence-electron chi connectivity index (χ3n) is 3.77. The Kier molecular flexibility index (Phi) is 4.95. The van der Waals surface area contributed by atoms with Crippen molar-refractivity contribution < 1.29 is 4.79 Å². The Balaban J connectivity index is 1.69. The van der Waals surface area contributed by atoms with Crippen molar-refractivity contribution in [1.82, 2.24) is 24.7 Å². The van der Waals surface area contributed by atoms with Crippen molar-refractivity contribution in [3.05, 3.63) is 47.6 Å². The van der Waals surface area contributed by atoms with Gasteiger partial charge in [0, 0.05) is 24.5 Å². The maximum Gasteiger partial charge on any atom is 0.259 e. The lowest BCUT2D eigenvalue weighted by Crippen LogP contribution is -2.12. The Morgan fingerprint density at radius 2 is 2.12 bits per heavy atom. The molecule has 0 aliphatic rings. The van der Waals surface area contributed by atoms with Crippen LogP contribution in [-0.2, 0) is 0 Å². The van der Waals surface area contributed by atoms with Crippen LogP contribution in [0.25, 0.3) is 5.82 Å². The first-order valence-electron chi connectivity index (χ1n) is 7.80. The summed E-state index contributed by atoms with van der Waals surface area (Å²) in [5.74, 6) is 0.854. The third kappa shape index (κ3) is 3.48. The van der Waals surface area contributed by atoms with Crippen LogP contribution in [0.4, 0.5) is 5.13 Å². The molecule has 3 aromatic heterocycles. The van der Waals surface area contributed by atoms with Crippen LogP contribution in [0.5, 0.6) is 0 Å². The molecule has 3 heterocycles. The highest BCUT2D eigenvalue weighted by atomic mass is 32.1. The summed E-state index contributed by atoms with van der Waals surface area (Å²) >= 11 is 1.43. The Morgan fingerprint density at radius 1 is 1.29 bits per heavy atom. The molecule has 24 heavy (non-hydrogen) atoms. The second-order valence-corrected chi connectivity index (χ2v) is 6.30. The monoisotopic (exact) mass is 342 g/mol. The number of hydrogen-bond donors (Lipinski definition) is 1. The fourth-order valence-corrected chi connectivity index (χ4v) is 3.33. The lowest BCUT2D eigenvalue weighted by molar-refractivity contribution is 0.102. The molecule has 0 aliphatic heterocycles. The van der Waals surface area contributed by atoms with Gasteiger partial charge in [0.15, 0.2) is 0 Å². The zero-order valence-electron chi connectivity index (χ0n) is 13.5. The van der Waals surface area contributed by atoms with Gasteiger partial charge in [0.05, 0.1) is 5.56 Å². The van der Waals surface area contributed by atoms with Gasteiger partial charge in [0.2, 0.25) is 5.13 Å². The first kappa shape index (κ1) is 16.3. The number of amides is 1. The number of carbonyl (C=O) groups is 1. The van der Waals surface area contributed by atoms with E-state index >= 15 is 0 Å². The van der Waals surface area contributed by atoms with Crippen LogP contribution in [0.2, 0.25) is 0 Å². The molecular formula is C16H18N6OS. The van der Waals surface area contributed by atoms with E-state index < -0.39 is 0 Å². The van der Waals surface area contributed by atoms with Gasteiger partial charge in [-0.3, -0.25) is 14.7 Å². The summed E-state index contributed by atoms with van der Waals surface area (Å²) in [6.07, 6.45) is 8.69. The fourth-order valence-electron chi connectivity index (χ4n) is 2.33. The van der Waals surface area contributed by atoms with E-state index in [2.05, 4.69) is 39.3 Å². The van der Waals surface area contributed by atoms with Gasteiger partial charge < -0.3 is 0 Å². The van der Waals surface area contributed by atoms with Gasteiger partial charge in [-0.15, -0.1) is 10.2 Å². The molecule has 0 unspecified atom stereocenters. The van der Waals surface area contributed by atoms with Gasteiger partial charge in [-0.1, -0.05) is 25.2 Å². The maximum absolute atomic E-state index is 12.3. The molecule has 0 atom stereocenters. The molecule has 8 heteroatoms. The first-order valence-corrected chi connectivity index (χ1v) is 8.62. The summed E-state index contributed by atoms with van der Waals surface area (Å²) < 4.78 is 1.77. The number of carbonyl (C=O) groups excluding carboxylic acids is 1. The highest BCUT2D eigenvalue weighted by Crippen LogP contribution is 2.28. The summed E-state index contributed by atoms with van der Waals surface area (Å²) in [6, 6.07) is 3.49. The topological polar surface area (TPSA) is 85.6 Å². The van der Waals surface area contributed by atoms with E-state index in [0.717, 1.165) is 17.8 Å². The van der Waals surface area contributed by atoms with E-state index in [1.165, 1.54) is 17.5 Å². The molecule has 0 fully saturated rings. The highest BCUT2D eigenvalue weighted by molar-refractivity contribution is 7.15. The highest BCUT2D eigenvalue weighted by Gasteiger charge is 2.15. The molecule has 1 amide bonds. The Labute approximate surface area is 143 Å². The number of pyridine rings is 1. The van der Waals surface area contributed by atoms with Crippen LogP contribution in [0.3, 0.4) is 0 Å². The Bertz CT molecular complexity index is 792. The lowest BCUT2D eigenvalue weighted by atomic mass is 10.1. The smallest absolute Gasteiger partial charge is 0.259 e. The summed E-state index contributed by atoms with van der Waals surface area (Å²) in [7, 11) is 0. The van der Waals surface area contributed by atoms with Crippen LogP contribution in [0.1, 0.15) is 48.0 Å². The SMILES string of the molecule is CCC(CC)c1nnc(NC(=O)c2ccc(-n3ccnc3)nc2)s1. The molecule has 0 aromatic carbocycles. The number of anilines is 1. The van der Waals surface area contributed by atoms with E-state index in [1.807, 2.05) is 0 Å². The number of nitrogens with zero attached hydrogens (tertiary/aromatic N) is 5. The molecule has 124 valence electrons. The van der Waals surface area contributed by atoms with Gasteiger partial charge in [-0.2, -0.15) is 0 Å². The Hall–Kier alpha value is -2.61. The number of hydrogen-bond acceptors (Lipinski definition) is 6. The normalized spacial score (nSPS) is 11.0. The van der Waals surface area contributed by atoms with E-state index in [4.69, 9.17) is 0 Å². The number of imidazole rings is 1. The minimum atomic E-state index is -0.244. The minimum absolute atomic E-state index is 0.244. The van der Waals surface area contributed by atoms with E-state index in [1.54, 1.807) is 35.4 Å². The predicted molar refractivity (Wildman–Crippen MR) is 92.5 cm³/mol. The molecule has 0 aliphatic carbocycles. The number of aromatic nitrogens is 5. The second kappa shape index (κ2) is 7.31. The number of nitrogens with one attached hydrogen (secondary N) is 1. The van der Waals surface area contributed by atoms with Gasteiger partial charge >= 0.3 is 0 Å². The van der Waals surface area contributed by atoms with Gasteiger partial charge in [0.1, 0.15) is 17.2 Å². The van der Waals surface area contributed by atoms with Crippen LogP contribution >= 0.6 is 11.3 Å². The fraction of sp³-hybridized carbons (Fsp3) is 0.312. The molecule has 3 aromatic rings. The Morgan fingerprint density at radius 3 is 2.75 bits per heavy atom. The zero-order chi connectivity index (χ0) is 16.9. The van der Waals surface area contributed by atoms with Crippen LogP contribution in [0, 0.1) is 0 Å². The largest absolute Gasteiger partial charge is 0.296 e. The standard InChI is InChI=1S/C16H18N6OS/c1-3-11(4-2)15-20-21-16(24-15)19-14(23)12-5-6-13(18-9-12)22-8-7-17-10-22/h5-11H,3-4H2,1-2H3,(H,19,21,23). The molecule has 1 N–H and O–H groups in total. The van der Waals surface area contributed by atoms with Crippen molar-refractivity contribution in [1.29, 1.82) is 0 Å². The van der Waals surface area contributed by atoms with Crippen LogP contribution in [-0.4, -0.2) is 30.6 Å². The molecule has 0 bridgehead atoms. The van der Waals surface area contributed by atoms with E-state index in [-0.39, 0.29) is 5.91 Å². The third-order valence-corrected chi connectivity index (χ3v) is 4.78. The van der Waals surface area contributed by atoms with Crippen molar-refractivity contribution >= 4 is 22.4 Å². The quantitative estimate of drug-likeness (QED) is 0.743. The molecule has 0 spiro atoms. The first-order chi connectivity index (χ1) is 11.7. The predicted octanol–water partition coefficient (Wildman–Crippen LogP) is 3.27. The summed E-state index contributed by atoms with van der Waals surface area (Å²) in [5.41, 5.74) is 0.471. The summed E-state index contributed by atoms with van der Waals surface area (Å²) in [5, 5.41) is 12.5. The van der Waals surface area contributed by atoms with E-state index in [0.29, 0.717) is 22.4 Å². The minimum Gasteiger partial charge on any atom is -0.296 e. The maximum atomic E-state index is 12.3. The van der Waals surface area contributed by atoms with Crippen molar-refractivity contribution in [2.24, 2.45) is 0 Å². The molecule has 7 nitrogen and oxygen atoms in total. The average Bonchev–Trinajstić information content (AvgIpc) is 3.28. The second-order valence-electron chi connectivity index (χ2n) is 5.29. The molecule has 0 radical (unpaired) electrons. The number of rotatable bonds is 6. The average molecular weight is 342 g/mol. The van der Waals surface area contributed by atoms with Crippen molar-refractivity contribution in [3.63, 3.8) is 0 Å². The van der Waals surface area contributed by atoms with Gasteiger partial charge in [-0.25, -0.2) is 9.97 Å². The molecular weight excluding hydrogens is 324 g/mol. The van der Waals surface area contributed by atoms with Crippen LogP contribution in [0.15, 0.2) is 37.1 Å². The molecule has 0 saturated heterocycles. The van der Waals surface area contributed by atoms with Crippen molar-refractivity contribution in [2.45, 2.75) is 32.6 Å². The lowest BCUT2D eigenvalue weighted by Gasteiger charge is -2.06. The zero-order valence-corrected chi connectivity index (χ0v) is 14.3. The van der Waals surface area contributed by atoms with Crippen LogP contribution < -0.4 is 5.32 Å². The van der Waals surface area contributed by atoms with Crippen molar-refractivity contribution in [3.8, 4) is 5.82 Å². The van der Waals surface area contributed by atoms with Gasteiger partial charge in [-0.05, 0) is 25.0 Å². The van der Waals surface area contributed by atoms with Gasteiger partial charge in [0.25, 0.3) is 5.91 Å². The molecule has 3 rings (SSSR count). The van der Waals surface area contributed by atoms with Crippen molar-refractivity contribution in [2.75, 3.05) is 5.32 Å². The summed E-state index contributed by atoms with van der Waals surface area (Å²) in [4.78, 5) is 20.5. The summed E-state index contributed by atoms with van der Waals surface area (Å²) in [6.45, 7) is 4.25.